The molecule has 3 aromatic rings. The number of fused-ring (bicyclic) bond motifs is 2. The van der Waals surface area contributed by atoms with Gasteiger partial charge in [-0.1, -0.05) is 36.5 Å². The minimum atomic E-state index is 0.418. The summed E-state index contributed by atoms with van der Waals surface area (Å²) in [5.41, 5.74) is 2.62. The highest BCUT2D eigenvalue weighted by atomic mass is 32.1. The van der Waals surface area contributed by atoms with Crippen LogP contribution in [0.1, 0.15) is 29.2 Å². The van der Waals surface area contributed by atoms with Crippen LogP contribution in [0.5, 0.6) is 0 Å². The average Bonchev–Trinajstić information content (AvgIpc) is 3.06. The van der Waals surface area contributed by atoms with Crippen LogP contribution >= 0.6 is 11.3 Å². The maximum Gasteiger partial charge on any atom is 0.234 e. The third-order valence-electron chi connectivity index (χ3n) is 3.76. The molecule has 0 fully saturated rings. The summed E-state index contributed by atoms with van der Waals surface area (Å²) in [6.45, 7) is 3.01. The number of benzene rings is 1. The molecule has 1 aliphatic rings. The minimum absolute atomic E-state index is 0.418. The molecule has 102 valence electrons. The molecule has 2 aromatic heterocycles. The molecule has 20 heavy (non-hydrogen) atoms. The van der Waals surface area contributed by atoms with Crippen molar-refractivity contribution in [1.29, 1.82) is 0 Å². The van der Waals surface area contributed by atoms with E-state index >= 15 is 0 Å². The summed E-state index contributed by atoms with van der Waals surface area (Å²) in [5.74, 6) is 1.35. The summed E-state index contributed by atoms with van der Waals surface area (Å²) in [6.07, 6.45) is 1.89. The van der Waals surface area contributed by atoms with Crippen LogP contribution in [0.2, 0.25) is 0 Å². The molecule has 1 atom stereocenters. The Morgan fingerprint density at radius 2 is 2.25 bits per heavy atom. The van der Waals surface area contributed by atoms with E-state index in [0.29, 0.717) is 5.92 Å². The molecular formula is C14H15N5S. The number of anilines is 1. The Bertz CT molecular complexity index is 760. The van der Waals surface area contributed by atoms with Crippen molar-refractivity contribution in [2.45, 2.75) is 25.7 Å². The number of rotatable bonds is 2. The van der Waals surface area contributed by atoms with Gasteiger partial charge in [0.1, 0.15) is 5.01 Å². The second-order valence-corrected chi connectivity index (χ2v) is 6.03. The van der Waals surface area contributed by atoms with Gasteiger partial charge in [0.25, 0.3) is 0 Å². The lowest BCUT2D eigenvalue weighted by Crippen LogP contribution is -2.21. The first-order valence-corrected chi connectivity index (χ1v) is 7.69. The molecule has 3 heterocycles. The molecule has 1 aliphatic heterocycles. The monoisotopic (exact) mass is 285 g/mol. The number of aryl methyl sites for hydroxylation is 1. The second-order valence-electron chi connectivity index (χ2n) is 5.04. The molecule has 0 saturated heterocycles. The van der Waals surface area contributed by atoms with Crippen LogP contribution in [0, 0.1) is 0 Å². The average molecular weight is 285 g/mol. The molecule has 6 heteroatoms. The molecule has 1 N–H and O–H groups in total. The van der Waals surface area contributed by atoms with Gasteiger partial charge in [-0.25, -0.2) is 0 Å². The predicted octanol–water partition coefficient (Wildman–Crippen LogP) is 2.50. The summed E-state index contributed by atoms with van der Waals surface area (Å²) in [7, 11) is 0. The Morgan fingerprint density at radius 1 is 1.35 bits per heavy atom. The Labute approximate surface area is 120 Å². The van der Waals surface area contributed by atoms with E-state index in [1.807, 2.05) is 4.52 Å². The van der Waals surface area contributed by atoms with Crippen molar-refractivity contribution in [1.82, 2.24) is 19.8 Å². The number of nitrogens with zero attached hydrogens (tertiary/aromatic N) is 4. The van der Waals surface area contributed by atoms with Crippen LogP contribution in [0.25, 0.3) is 4.96 Å². The molecular weight excluding hydrogens is 270 g/mol. The van der Waals surface area contributed by atoms with E-state index in [9.17, 15) is 0 Å². The molecule has 0 spiro atoms. The third kappa shape index (κ3) is 1.79. The summed E-state index contributed by atoms with van der Waals surface area (Å²) in [5, 5.41) is 17.7. The van der Waals surface area contributed by atoms with Gasteiger partial charge in [-0.2, -0.15) is 9.61 Å². The van der Waals surface area contributed by atoms with Gasteiger partial charge < -0.3 is 5.32 Å². The first-order valence-electron chi connectivity index (χ1n) is 6.88. The van der Waals surface area contributed by atoms with Crippen molar-refractivity contribution in [3.8, 4) is 0 Å². The topological polar surface area (TPSA) is 55.1 Å². The lowest BCUT2D eigenvalue weighted by Gasteiger charge is -2.24. The number of nitrogens with one attached hydrogen (secondary N) is 1. The fraction of sp³-hybridized carbons (Fsp3) is 0.357. The van der Waals surface area contributed by atoms with Crippen LogP contribution < -0.4 is 5.32 Å². The van der Waals surface area contributed by atoms with Gasteiger partial charge in [0.2, 0.25) is 4.96 Å². The van der Waals surface area contributed by atoms with E-state index in [-0.39, 0.29) is 0 Å². The molecule has 0 radical (unpaired) electrons. The molecule has 4 rings (SSSR count). The smallest absolute Gasteiger partial charge is 0.234 e. The highest BCUT2D eigenvalue weighted by Gasteiger charge is 2.23. The van der Waals surface area contributed by atoms with Crippen LogP contribution in [0.3, 0.4) is 0 Å². The third-order valence-corrected chi connectivity index (χ3v) is 4.82. The maximum atomic E-state index is 4.71. The molecule has 1 unspecified atom stereocenters. The zero-order valence-corrected chi connectivity index (χ0v) is 12.0. The first kappa shape index (κ1) is 11.8. The zero-order valence-electron chi connectivity index (χ0n) is 11.2. The Balaban J connectivity index is 1.68. The van der Waals surface area contributed by atoms with E-state index in [4.69, 9.17) is 5.10 Å². The molecule has 0 bridgehead atoms. The molecule has 0 aliphatic carbocycles. The molecule has 0 amide bonds. The quantitative estimate of drug-likeness (QED) is 0.786. The lowest BCUT2D eigenvalue weighted by molar-refractivity contribution is 0.668. The lowest BCUT2D eigenvalue weighted by atomic mass is 9.95. The highest BCUT2D eigenvalue weighted by Crippen LogP contribution is 2.32. The van der Waals surface area contributed by atoms with E-state index in [1.54, 1.807) is 11.3 Å². The van der Waals surface area contributed by atoms with Crippen molar-refractivity contribution in [3.63, 3.8) is 0 Å². The summed E-state index contributed by atoms with van der Waals surface area (Å²) >= 11 is 1.65. The largest absolute Gasteiger partial charge is 0.384 e. The summed E-state index contributed by atoms with van der Waals surface area (Å²) < 4.78 is 1.89. The number of aromatic nitrogens is 4. The first-order chi connectivity index (χ1) is 9.85. The van der Waals surface area contributed by atoms with Crippen LogP contribution in [0.4, 0.5) is 5.69 Å². The number of hydrogen-bond acceptors (Lipinski definition) is 5. The van der Waals surface area contributed by atoms with Crippen molar-refractivity contribution in [2.75, 3.05) is 11.9 Å². The van der Waals surface area contributed by atoms with E-state index in [1.165, 1.54) is 11.3 Å². The zero-order chi connectivity index (χ0) is 13.5. The number of hydrogen-bond donors (Lipinski definition) is 1. The predicted molar refractivity (Wildman–Crippen MR) is 79.4 cm³/mol. The van der Waals surface area contributed by atoms with Gasteiger partial charge in [0.15, 0.2) is 5.82 Å². The van der Waals surface area contributed by atoms with Gasteiger partial charge in [-0.05, 0) is 18.1 Å². The normalized spacial score (nSPS) is 17.9. The SMILES string of the molecule is CCc1nnc2sc(C3CNc4ccccc4C3)nn12. The van der Waals surface area contributed by atoms with E-state index in [0.717, 1.165) is 35.2 Å². The Hall–Kier alpha value is -1.95. The standard InChI is InChI=1S/C14H15N5S/c1-2-12-16-17-14-19(12)18-13(20-14)10-7-9-5-3-4-6-11(9)15-8-10/h3-6,10,15H,2,7-8H2,1H3. The molecule has 1 aromatic carbocycles. The van der Waals surface area contributed by atoms with Gasteiger partial charge in [0.05, 0.1) is 0 Å². The van der Waals surface area contributed by atoms with Crippen molar-refractivity contribution >= 4 is 22.0 Å². The Morgan fingerprint density at radius 3 is 3.15 bits per heavy atom. The second kappa shape index (κ2) is 4.56. The van der Waals surface area contributed by atoms with Crippen molar-refractivity contribution in [3.05, 3.63) is 40.7 Å². The fourth-order valence-corrected chi connectivity index (χ4v) is 3.63. The van der Waals surface area contributed by atoms with Crippen LogP contribution in [0.15, 0.2) is 24.3 Å². The molecule has 0 saturated carbocycles. The van der Waals surface area contributed by atoms with Crippen molar-refractivity contribution in [2.24, 2.45) is 0 Å². The number of para-hydroxylation sites is 1. The fourth-order valence-electron chi connectivity index (χ4n) is 2.67. The summed E-state index contributed by atoms with van der Waals surface area (Å²) in [6, 6.07) is 8.49. The van der Waals surface area contributed by atoms with Crippen LogP contribution in [-0.4, -0.2) is 26.4 Å². The van der Waals surface area contributed by atoms with Crippen LogP contribution in [-0.2, 0) is 12.8 Å². The van der Waals surface area contributed by atoms with E-state index < -0.39 is 0 Å². The van der Waals surface area contributed by atoms with Gasteiger partial charge >= 0.3 is 0 Å². The maximum absolute atomic E-state index is 4.71. The molecule has 5 nitrogen and oxygen atoms in total. The minimum Gasteiger partial charge on any atom is -0.384 e. The van der Waals surface area contributed by atoms with Crippen molar-refractivity contribution < 1.29 is 0 Å². The van der Waals surface area contributed by atoms with Gasteiger partial charge in [-0.3, -0.25) is 0 Å². The van der Waals surface area contributed by atoms with Gasteiger partial charge in [0, 0.05) is 24.6 Å². The Kier molecular flexibility index (Phi) is 2.70. The van der Waals surface area contributed by atoms with E-state index in [2.05, 4.69) is 46.7 Å². The van der Waals surface area contributed by atoms with Gasteiger partial charge in [-0.15, -0.1) is 10.2 Å². The highest BCUT2D eigenvalue weighted by molar-refractivity contribution is 7.16. The summed E-state index contributed by atoms with van der Waals surface area (Å²) in [4.78, 5) is 0.899.